The third-order valence-corrected chi connectivity index (χ3v) is 2.95. The molecule has 0 saturated carbocycles. The van der Waals surface area contributed by atoms with Gasteiger partial charge in [0.1, 0.15) is 18.2 Å². The number of hydrogen-bond acceptors (Lipinski definition) is 4. The summed E-state index contributed by atoms with van der Waals surface area (Å²) >= 11 is 0. The minimum absolute atomic E-state index is 0.566. The van der Waals surface area contributed by atoms with Gasteiger partial charge < -0.3 is 10.4 Å². The summed E-state index contributed by atoms with van der Waals surface area (Å²) in [6.45, 7) is 2.57. The molecule has 0 aromatic carbocycles. The first-order valence-corrected chi connectivity index (χ1v) is 5.39. The Hall–Kier alpha value is -1.43. The Labute approximate surface area is 94.7 Å². The number of nitrogens with zero attached hydrogens (tertiary/aromatic N) is 3. The number of carbonyl (C=O) groups is 1. The standard InChI is InChI=1S/C10H18N4O2/c1-3-10(11-2,9(15)16)5-4-6-14-8-12-7-13-14/h7-8,11H,3-6H2,1-2H3,(H,15,16). The van der Waals surface area contributed by atoms with E-state index in [2.05, 4.69) is 15.4 Å². The highest BCUT2D eigenvalue weighted by atomic mass is 16.4. The van der Waals surface area contributed by atoms with Crippen LogP contribution in [-0.4, -0.2) is 38.4 Å². The van der Waals surface area contributed by atoms with Crippen LogP contribution in [0, 0.1) is 0 Å². The molecule has 0 aliphatic heterocycles. The molecule has 0 aliphatic rings. The van der Waals surface area contributed by atoms with Crippen molar-refractivity contribution in [1.29, 1.82) is 0 Å². The van der Waals surface area contributed by atoms with Crippen molar-refractivity contribution >= 4 is 5.97 Å². The van der Waals surface area contributed by atoms with Crippen molar-refractivity contribution in [2.75, 3.05) is 7.05 Å². The number of carboxylic acid groups (broad SMARTS) is 1. The molecule has 0 aliphatic carbocycles. The van der Waals surface area contributed by atoms with Crippen LogP contribution >= 0.6 is 0 Å². The van der Waals surface area contributed by atoms with E-state index in [9.17, 15) is 9.90 Å². The Morgan fingerprint density at radius 2 is 2.38 bits per heavy atom. The zero-order valence-corrected chi connectivity index (χ0v) is 9.68. The van der Waals surface area contributed by atoms with Gasteiger partial charge in [-0.2, -0.15) is 5.10 Å². The molecule has 6 nitrogen and oxygen atoms in total. The summed E-state index contributed by atoms with van der Waals surface area (Å²) < 4.78 is 1.71. The SMILES string of the molecule is CCC(CCCn1cncn1)(NC)C(=O)O. The molecule has 1 heterocycles. The summed E-state index contributed by atoms with van der Waals surface area (Å²) in [6, 6.07) is 0. The molecule has 0 saturated heterocycles. The average Bonchev–Trinajstić information content (AvgIpc) is 2.77. The van der Waals surface area contributed by atoms with Crippen molar-refractivity contribution < 1.29 is 9.90 Å². The van der Waals surface area contributed by atoms with Gasteiger partial charge in [0.25, 0.3) is 0 Å². The Balaban J connectivity index is 2.47. The van der Waals surface area contributed by atoms with E-state index in [1.54, 1.807) is 18.1 Å². The molecule has 1 unspecified atom stereocenters. The molecular weight excluding hydrogens is 208 g/mol. The largest absolute Gasteiger partial charge is 0.480 e. The number of aryl methyl sites for hydroxylation is 1. The zero-order valence-electron chi connectivity index (χ0n) is 9.68. The molecule has 0 radical (unpaired) electrons. The summed E-state index contributed by atoms with van der Waals surface area (Å²) in [5.74, 6) is -0.795. The molecule has 1 rings (SSSR count). The van der Waals surface area contributed by atoms with E-state index in [0.717, 1.165) is 6.42 Å². The second-order valence-corrected chi connectivity index (χ2v) is 3.75. The summed E-state index contributed by atoms with van der Waals surface area (Å²) in [5.41, 5.74) is -0.819. The fraction of sp³-hybridized carbons (Fsp3) is 0.700. The molecule has 90 valence electrons. The normalized spacial score (nSPS) is 14.6. The third kappa shape index (κ3) is 2.79. The first kappa shape index (κ1) is 12.6. The Morgan fingerprint density at radius 3 is 2.81 bits per heavy atom. The van der Waals surface area contributed by atoms with Gasteiger partial charge in [-0.25, -0.2) is 4.98 Å². The first-order chi connectivity index (χ1) is 7.64. The zero-order chi connectivity index (χ0) is 12.0. The van der Waals surface area contributed by atoms with Crippen LogP contribution in [0.1, 0.15) is 26.2 Å². The van der Waals surface area contributed by atoms with Crippen LogP contribution in [0.4, 0.5) is 0 Å². The van der Waals surface area contributed by atoms with Crippen LogP contribution in [0.2, 0.25) is 0 Å². The molecule has 0 spiro atoms. The molecule has 1 atom stereocenters. The van der Waals surface area contributed by atoms with Crippen LogP contribution in [0.25, 0.3) is 0 Å². The van der Waals surface area contributed by atoms with Gasteiger partial charge in [0.05, 0.1) is 0 Å². The van der Waals surface area contributed by atoms with E-state index >= 15 is 0 Å². The predicted molar refractivity (Wildman–Crippen MR) is 59.0 cm³/mol. The van der Waals surface area contributed by atoms with Crippen LogP contribution < -0.4 is 5.32 Å². The lowest BCUT2D eigenvalue weighted by atomic mass is 9.90. The lowest BCUT2D eigenvalue weighted by Gasteiger charge is -2.27. The van der Waals surface area contributed by atoms with Crippen molar-refractivity contribution in [3.05, 3.63) is 12.7 Å². The Kier molecular flexibility index (Phi) is 4.42. The number of aliphatic carboxylic acids is 1. The number of rotatable bonds is 7. The smallest absolute Gasteiger partial charge is 0.323 e. The number of carboxylic acids is 1. The van der Waals surface area contributed by atoms with Crippen LogP contribution in [0.5, 0.6) is 0 Å². The van der Waals surface area contributed by atoms with Gasteiger partial charge in [0.2, 0.25) is 0 Å². The second kappa shape index (κ2) is 5.60. The molecule has 16 heavy (non-hydrogen) atoms. The molecule has 0 fully saturated rings. The van der Waals surface area contributed by atoms with Crippen molar-refractivity contribution in [3.8, 4) is 0 Å². The molecule has 2 N–H and O–H groups in total. The highest BCUT2D eigenvalue weighted by molar-refractivity contribution is 5.78. The van der Waals surface area contributed by atoms with E-state index in [1.807, 2.05) is 6.92 Å². The van der Waals surface area contributed by atoms with Crippen molar-refractivity contribution in [2.24, 2.45) is 0 Å². The van der Waals surface area contributed by atoms with Crippen LogP contribution in [0.3, 0.4) is 0 Å². The maximum atomic E-state index is 11.2. The molecule has 0 amide bonds. The fourth-order valence-electron chi connectivity index (χ4n) is 1.73. The maximum Gasteiger partial charge on any atom is 0.323 e. The number of hydrogen-bond donors (Lipinski definition) is 2. The van der Waals surface area contributed by atoms with Gasteiger partial charge in [-0.05, 0) is 26.3 Å². The third-order valence-electron chi connectivity index (χ3n) is 2.95. The fourth-order valence-corrected chi connectivity index (χ4v) is 1.73. The highest BCUT2D eigenvalue weighted by Crippen LogP contribution is 2.17. The summed E-state index contributed by atoms with van der Waals surface area (Å²) in [5, 5.41) is 16.1. The number of likely N-dealkylation sites (N-methyl/N-ethyl adjacent to an activating group) is 1. The van der Waals surface area contributed by atoms with Gasteiger partial charge in [-0.1, -0.05) is 6.92 Å². The van der Waals surface area contributed by atoms with Crippen molar-refractivity contribution in [2.45, 2.75) is 38.3 Å². The highest BCUT2D eigenvalue weighted by Gasteiger charge is 2.33. The van der Waals surface area contributed by atoms with E-state index in [0.29, 0.717) is 19.4 Å². The van der Waals surface area contributed by atoms with Crippen molar-refractivity contribution in [1.82, 2.24) is 20.1 Å². The lowest BCUT2D eigenvalue weighted by Crippen LogP contribution is -2.49. The summed E-state index contributed by atoms with van der Waals surface area (Å²) in [4.78, 5) is 15.0. The van der Waals surface area contributed by atoms with Gasteiger partial charge in [0.15, 0.2) is 0 Å². The Morgan fingerprint density at radius 1 is 1.62 bits per heavy atom. The average molecular weight is 226 g/mol. The van der Waals surface area contributed by atoms with E-state index < -0.39 is 11.5 Å². The van der Waals surface area contributed by atoms with Crippen molar-refractivity contribution in [3.63, 3.8) is 0 Å². The quantitative estimate of drug-likeness (QED) is 0.708. The van der Waals surface area contributed by atoms with E-state index in [4.69, 9.17) is 0 Å². The Bertz CT molecular complexity index is 320. The molecule has 0 bridgehead atoms. The first-order valence-electron chi connectivity index (χ1n) is 5.39. The summed E-state index contributed by atoms with van der Waals surface area (Å²) in [6.07, 6.45) is 5.01. The minimum atomic E-state index is -0.819. The molecule has 1 aromatic rings. The minimum Gasteiger partial charge on any atom is -0.480 e. The topological polar surface area (TPSA) is 80.0 Å². The van der Waals surface area contributed by atoms with Gasteiger partial charge in [-0.3, -0.25) is 9.48 Å². The second-order valence-electron chi connectivity index (χ2n) is 3.75. The molecular formula is C10H18N4O2. The van der Waals surface area contributed by atoms with E-state index in [1.165, 1.54) is 6.33 Å². The van der Waals surface area contributed by atoms with Gasteiger partial charge in [-0.15, -0.1) is 0 Å². The number of nitrogens with one attached hydrogen (secondary N) is 1. The summed E-state index contributed by atoms with van der Waals surface area (Å²) in [7, 11) is 1.69. The van der Waals surface area contributed by atoms with Gasteiger partial charge >= 0.3 is 5.97 Å². The van der Waals surface area contributed by atoms with E-state index in [-0.39, 0.29) is 0 Å². The van der Waals surface area contributed by atoms with Crippen LogP contribution in [-0.2, 0) is 11.3 Å². The molecule has 6 heteroatoms. The van der Waals surface area contributed by atoms with Gasteiger partial charge in [0, 0.05) is 6.54 Å². The number of aromatic nitrogens is 3. The monoisotopic (exact) mass is 226 g/mol. The predicted octanol–water partition coefficient (Wildman–Crippen LogP) is 0.511. The molecule has 1 aromatic heterocycles. The van der Waals surface area contributed by atoms with Crippen LogP contribution in [0.15, 0.2) is 12.7 Å². The lowest BCUT2D eigenvalue weighted by molar-refractivity contribution is -0.145. The maximum absolute atomic E-state index is 11.2.